The largest absolute Gasteiger partial charge is 0.356 e. The van der Waals surface area contributed by atoms with Crippen molar-refractivity contribution in [3.63, 3.8) is 0 Å². The van der Waals surface area contributed by atoms with Gasteiger partial charge in [0, 0.05) is 37.4 Å². The Hall–Kier alpha value is -1.06. The second kappa shape index (κ2) is 5.07. The lowest BCUT2D eigenvalue weighted by molar-refractivity contribution is -0.129. The van der Waals surface area contributed by atoms with Crippen LogP contribution in [0.5, 0.6) is 0 Å². The molecular weight excluding hydrogens is 216 g/mol. The predicted molar refractivity (Wildman–Crippen MR) is 65.3 cm³/mol. The molecule has 0 aromatic rings. The monoisotopic (exact) mass is 238 g/mol. The van der Waals surface area contributed by atoms with Gasteiger partial charge in [-0.2, -0.15) is 0 Å². The Bertz CT molecular complexity index is 311. The molecular formula is C13H22N2O2. The Labute approximate surface area is 103 Å². The van der Waals surface area contributed by atoms with Crippen LogP contribution in [0.4, 0.5) is 0 Å². The second-order valence-corrected chi connectivity index (χ2v) is 5.58. The summed E-state index contributed by atoms with van der Waals surface area (Å²) in [6, 6.07) is 0.273. The molecule has 1 unspecified atom stereocenters. The summed E-state index contributed by atoms with van der Waals surface area (Å²) in [5, 5.41) is 2.99. The molecule has 0 radical (unpaired) electrons. The Morgan fingerprint density at radius 2 is 2.18 bits per heavy atom. The average Bonchev–Trinajstić information content (AvgIpc) is 2.54. The summed E-state index contributed by atoms with van der Waals surface area (Å²) in [5.74, 6) is 0.955. The standard InChI is InChI=1S/C13H22N2O2/c1-9(2)15-8-10(6-12(15)16)7-14-13(17)11-4-3-5-11/h9-11H,3-8H2,1-2H3,(H,14,17). The summed E-state index contributed by atoms with van der Waals surface area (Å²) in [6.07, 6.45) is 3.84. The quantitative estimate of drug-likeness (QED) is 0.799. The highest BCUT2D eigenvalue weighted by Crippen LogP contribution is 2.26. The van der Waals surface area contributed by atoms with Gasteiger partial charge in [0.2, 0.25) is 11.8 Å². The number of hydrogen-bond donors (Lipinski definition) is 1. The number of rotatable bonds is 4. The maximum atomic E-state index is 11.7. The highest BCUT2D eigenvalue weighted by atomic mass is 16.2. The molecule has 17 heavy (non-hydrogen) atoms. The summed E-state index contributed by atoms with van der Waals surface area (Å²) in [6.45, 7) is 5.52. The van der Waals surface area contributed by atoms with Crippen molar-refractivity contribution in [1.29, 1.82) is 0 Å². The zero-order chi connectivity index (χ0) is 12.4. The van der Waals surface area contributed by atoms with Crippen LogP contribution in [0.1, 0.15) is 39.5 Å². The average molecular weight is 238 g/mol. The van der Waals surface area contributed by atoms with Crippen molar-refractivity contribution < 1.29 is 9.59 Å². The molecule has 1 heterocycles. The van der Waals surface area contributed by atoms with E-state index in [4.69, 9.17) is 0 Å². The van der Waals surface area contributed by atoms with Crippen molar-refractivity contribution in [1.82, 2.24) is 10.2 Å². The minimum atomic E-state index is 0.187. The summed E-state index contributed by atoms with van der Waals surface area (Å²) < 4.78 is 0. The lowest BCUT2D eigenvalue weighted by Crippen LogP contribution is -2.38. The first-order valence-electron chi connectivity index (χ1n) is 6.65. The number of likely N-dealkylation sites (tertiary alicyclic amines) is 1. The predicted octanol–water partition coefficient (Wildman–Crippen LogP) is 1.16. The van der Waals surface area contributed by atoms with Crippen LogP contribution in [0.3, 0.4) is 0 Å². The number of hydrogen-bond acceptors (Lipinski definition) is 2. The van der Waals surface area contributed by atoms with Crippen molar-refractivity contribution in [2.24, 2.45) is 11.8 Å². The van der Waals surface area contributed by atoms with Crippen molar-refractivity contribution in [2.75, 3.05) is 13.1 Å². The van der Waals surface area contributed by atoms with Gasteiger partial charge in [0.15, 0.2) is 0 Å². The van der Waals surface area contributed by atoms with Crippen LogP contribution in [-0.2, 0) is 9.59 Å². The molecule has 2 amide bonds. The smallest absolute Gasteiger partial charge is 0.223 e. The van der Waals surface area contributed by atoms with E-state index in [1.165, 1.54) is 6.42 Å². The van der Waals surface area contributed by atoms with Crippen LogP contribution >= 0.6 is 0 Å². The molecule has 1 aliphatic carbocycles. The maximum absolute atomic E-state index is 11.7. The minimum absolute atomic E-state index is 0.187. The molecule has 4 heteroatoms. The highest BCUT2D eigenvalue weighted by molar-refractivity contribution is 5.80. The van der Waals surface area contributed by atoms with Crippen molar-refractivity contribution >= 4 is 11.8 Å². The normalized spacial score (nSPS) is 25.2. The van der Waals surface area contributed by atoms with Gasteiger partial charge in [0.1, 0.15) is 0 Å². The molecule has 0 aromatic carbocycles. The molecule has 2 aliphatic rings. The number of carbonyl (C=O) groups excluding carboxylic acids is 2. The van der Waals surface area contributed by atoms with Gasteiger partial charge in [-0.25, -0.2) is 0 Å². The molecule has 1 aliphatic heterocycles. The first-order chi connectivity index (χ1) is 8.08. The van der Waals surface area contributed by atoms with E-state index in [1.807, 2.05) is 18.7 Å². The van der Waals surface area contributed by atoms with Gasteiger partial charge in [-0.05, 0) is 26.7 Å². The van der Waals surface area contributed by atoms with E-state index >= 15 is 0 Å². The Kier molecular flexibility index (Phi) is 3.69. The highest BCUT2D eigenvalue weighted by Gasteiger charge is 2.32. The Morgan fingerprint density at radius 1 is 1.47 bits per heavy atom. The summed E-state index contributed by atoms with van der Waals surface area (Å²) in [7, 11) is 0. The fourth-order valence-electron chi connectivity index (χ4n) is 2.50. The molecule has 0 spiro atoms. The summed E-state index contributed by atoms with van der Waals surface area (Å²) >= 11 is 0. The SMILES string of the molecule is CC(C)N1CC(CNC(=O)C2CCC2)CC1=O. The molecule has 0 bridgehead atoms. The molecule has 2 rings (SSSR count). The number of nitrogens with one attached hydrogen (secondary N) is 1. The van der Waals surface area contributed by atoms with Crippen LogP contribution < -0.4 is 5.32 Å². The van der Waals surface area contributed by atoms with Crippen molar-refractivity contribution in [2.45, 2.75) is 45.6 Å². The molecule has 1 N–H and O–H groups in total. The maximum Gasteiger partial charge on any atom is 0.223 e. The van der Waals surface area contributed by atoms with Gasteiger partial charge in [-0.1, -0.05) is 6.42 Å². The third-order valence-corrected chi connectivity index (χ3v) is 3.90. The van der Waals surface area contributed by atoms with Gasteiger partial charge >= 0.3 is 0 Å². The molecule has 96 valence electrons. The van der Waals surface area contributed by atoms with Gasteiger partial charge < -0.3 is 10.2 Å². The van der Waals surface area contributed by atoms with Gasteiger partial charge in [-0.3, -0.25) is 9.59 Å². The van der Waals surface area contributed by atoms with E-state index in [9.17, 15) is 9.59 Å². The number of nitrogens with zero attached hydrogens (tertiary/aromatic N) is 1. The van der Waals surface area contributed by atoms with E-state index < -0.39 is 0 Å². The summed E-state index contributed by atoms with van der Waals surface area (Å²) in [4.78, 5) is 25.3. The topological polar surface area (TPSA) is 49.4 Å². The van der Waals surface area contributed by atoms with E-state index in [0.29, 0.717) is 18.9 Å². The molecule has 1 saturated heterocycles. The van der Waals surface area contributed by atoms with E-state index in [-0.39, 0.29) is 23.8 Å². The molecule has 4 nitrogen and oxygen atoms in total. The second-order valence-electron chi connectivity index (χ2n) is 5.58. The Balaban J connectivity index is 1.73. The lowest BCUT2D eigenvalue weighted by Gasteiger charge is -2.25. The first kappa shape index (κ1) is 12.4. The van der Waals surface area contributed by atoms with Crippen LogP contribution in [0.2, 0.25) is 0 Å². The van der Waals surface area contributed by atoms with Crippen LogP contribution in [-0.4, -0.2) is 35.8 Å². The minimum Gasteiger partial charge on any atom is -0.356 e. The third kappa shape index (κ3) is 2.79. The van der Waals surface area contributed by atoms with Crippen molar-refractivity contribution in [3.8, 4) is 0 Å². The fourth-order valence-corrected chi connectivity index (χ4v) is 2.50. The van der Waals surface area contributed by atoms with Gasteiger partial charge in [-0.15, -0.1) is 0 Å². The Morgan fingerprint density at radius 3 is 2.65 bits per heavy atom. The number of carbonyl (C=O) groups is 2. The zero-order valence-electron chi connectivity index (χ0n) is 10.7. The van der Waals surface area contributed by atoms with Gasteiger partial charge in [0.05, 0.1) is 0 Å². The van der Waals surface area contributed by atoms with Crippen molar-refractivity contribution in [3.05, 3.63) is 0 Å². The third-order valence-electron chi connectivity index (χ3n) is 3.90. The van der Waals surface area contributed by atoms with Gasteiger partial charge in [0.25, 0.3) is 0 Å². The molecule has 2 fully saturated rings. The lowest BCUT2D eigenvalue weighted by atomic mass is 9.85. The molecule has 1 atom stereocenters. The van der Waals surface area contributed by atoms with E-state index in [1.54, 1.807) is 0 Å². The van der Waals surface area contributed by atoms with E-state index in [0.717, 1.165) is 19.4 Å². The first-order valence-corrected chi connectivity index (χ1v) is 6.65. The number of amides is 2. The van der Waals surface area contributed by atoms with Crippen LogP contribution in [0.15, 0.2) is 0 Å². The molecule has 0 aromatic heterocycles. The summed E-state index contributed by atoms with van der Waals surface area (Å²) in [5.41, 5.74) is 0. The van der Waals surface area contributed by atoms with Crippen LogP contribution in [0, 0.1) is 11.8 Å². The fraction of sp³-hybridized carbons (Fsp3) is 0.846. The zero-order valence-corrected chi connectivity index (χ0v) is 10.7. The molecule has 1 saturated carbocycles. The van der Waals surface area contributed by atoms with Crippen LogP contribution in [0.25, 0.3) is 0 Å². The van der Waals surface area contributed by atoms with E-state index in [2.05, 4.69) is 5.32 Å².